The van der Waals surface area contributed by atoms with Gasteiger partial charge in [0.2, 0.25) is 0 Å². The molecule has 0 saturated heterocycles. The molecule has 2 rings (SSSR count). The second-order valence-corrected chi connectivity index (χ2v) is 4.71. The Kier molecular flexibility index (Phi) is 4.15. The van der Waals surface area contributed by atoms with Gasteiger partial charge in [0.1, 0.15) is 5.82 Å². The zero-order valence-electron chi connectivity index (χ0n) is 11.6. The highest BCUT2D eigenvalue weighted by atomic mass is 19.1. The molecule has 3 heteroatoms. The van der Waals surface area contributed by atoms with Crippen LogP contribution in [0.15, 0.2) is 36.4 Å². The third-order valence-electron chi connectivity index (χ3n) is 3.24. The Morgan fingerprint density at radius 1 is 1.16 bits per heavy atom. The standard InChI is InChI=1S/C16H19FN2/c1-4-15(13-7-5-6-8-14(13)17)19-16-10-9-11(2)18-12(16)3/h5-10,15,19H,4H2,1-3H3. The van der Waals surface area contributed by atoms with Gasteiger partial charge in [0.25, 0.3) is 0 Å². The molecule has 100 valence electrons. The molecule has 0 aliphatic rings. The predicted molar refractivity (Wildman–Crippen MR) is 76.8 cm³/mol. The Labute approximate surface area is 113 Å². The number of nitrogens with zero attached hydrogens (tertiary/aromatic N) is 1. The Morgan fingerprint density at radius 2 is 1.89 bits per heavy atom. The lowest BCUT2D eigenvalue weighted by atomic mass is 10.0. The Balaban J connectivity index is 2.27. The van der Waals surface area contributed by atoms with Gasteiger partial charge < -0.3 is 5.32 Å². The van der Waals surface area contributed by atoms with E-state index in [9.17, 15) is 4.39 Å². The number of halogens is 1. The largest absolute Gasteiger partial charge is 0.377 e. The summed E-state index contributed by atoms with van der Waals surface area (Å²) in [5.74, 6) is -0.167. The summed E-state index contributed by atoms with van der Waals surface area (Å²) in [7, 11) is 0. The SMILES string of the molecule is CCC(Nc1ccc(C)nc1C)c1ccccc1F. The molecule has 1 atom stereocenters. The number of benzene rings is 1. The summed E-state index contributed by atoms with van der Waals surface area (Å²) in [6.45, 7) is 5.97. The Bertz CT molecular complexity index is 566. The minimum atomic E-state index is -0.167. The van der Waals surface area contributed by atoms with E-state index in [4.69, 9.17) is 0 Å². The maximum Gasteiger partial charge on any atom is 0.128 e. The van der Waals surface area contributed by atoms with E-state index in [1.54, 1.807) is 6.07 Å². The topological polar surface area (TPSA) is 24.9 Å². The number of nitrogens with one attached hydrogen (secondary N) is 1. The summed E-state index contributed by atoms with van der Waals surface area (Å²) >= 11 is 0. The minimum absolute atomic E-state index is 0.0376. The first kappa shape index (κ1) is 13.5. The van der Waals surface area contributed by atoms with E-state index in [1.165, 1.54) is 6.07 Å². The predicted octanol–water partition coefficient (Wildman–Crippen LogP) is 4.40. The van der Waals surface area contributed by atoms with Gasteiger partial charge in [-0.3, -0.25) is 4.98 Å². The lowest BCUT2D eigenvalue weighted by molar-refractivity contribution is 0.587. The molecule has 1 aromatic carbocycles. The van der Waals surface area contributed by atoms with Gasteiger partial charge in [0, 0.05) is 11.3 Å². The van der Waals surface area contributed by atoms with Crippen LogP contribution < -0.4 is 5.32 Å². The van der Waals surface area contributed by atoms with Gasteiger partial charge in [-0.2, -0.15) is 0 Å². The average molecular weight is 258 g/mol. The third kappa shape index (κ3) is 3.11. The number of hydrogen-bond acceptors (Lipinski definition) is 2. The lowest BCUT2D eigenvalue weighted by Gasteiger charge is -2.20. The van der Waals surface area contributed by atoms with Crippen molar-refractivity contribution in [3.05, 3.63) is 59.2 Å². The van der Waals surface area contributed by atoms with E-state index in [-0.39, 0.29) is 11.9 Å². The fraction of sp³-hybridized carbons (Fsp3) is 0.312. The average Bonchev–Trinajstić information content (AvgIpc) is 2.39. The summed E-state index contributed by atoms with van der Waals surface area (Å²) in [5.41, 5.74) is 3.59. The van der Waals surface area contributed by atoms with Crippen molar-refractivity contribution < 1.29 is 4.39 Å². The number of aryl methyl sites for hydroxylation is 2. The second-order valence-electron chi connectivity index (χ2n) is 4.71. The lowest BCUT2D eigenvalue weighted by Crippen LogP contribution is -2.12. The molecule has 0 aliphatic carbocycles. The molecule has 0 spiro atoms. The van der Waals surface area contributed by atoms with Crippen LogP contribution in [0, 0.1) is 19.7 Å². The first-order valence-electron chi connectivity index (χ1n) is 6.57. The normalized spacial score (nSPS) is 12.2. The number of hydrogen-bond donors (Lipinski definition) is 1. The molecule has 2 aromatic rings. The fourth-order valence-electron chi connectivity index (χ4n) is 2.18. The second kappa shape index (κ2) is 5.83. The molecule has 1 unspecified atom stereocenters. The van der Waals surface area contributed by atoms with Gasteiger partial charge >= 0.3 is 0 Å². The summed E-state index contributed by atoms with van der Waals surface area (Å²) in [6.07, 6.45) is 0.814. The van der Waals surface area contributed by atoms with Crippen LogP contribution in [0.5, 0.6) is 0 Å². The van der Waals surface area contributed by atoms with Gasteiger partial charge in [-0.15, -0.1) is 0 Å². The third-order valence-corrected chi connectivity index (χ3v) is 3.24. The Morgan fingerprint density at radius 3 is 2.53 bits per heavy atom. The van der Waals surface area contributed by atoms with E-state index in [0.29, 0.717) is 5.56 Å². The zero-order chi connectivity index (χ0) is 13.8. The molecule has 2 nitrogen and oxygen atoms in total. The molecule has 0 bridgehead atoms. The van der Waals surface area contributed by atoms with Crippen LogP contribution in [0.2, 0.25) is 0 Å². The summed E-state index contributed by atoms with van der Waals surface area (Å²) < 4.78 is 13.8. The van der Waals surface area contributed by atoms with E-state index < -0.39 is 0 Å². The number of anilines is 1. The summed E-state index contributed by atoms with van der Waals surface area (Å²) in [6, 6.07) is 10.8. The van der Waals surface area contributed by atoms with Crippen molar-refractivity contribution in [1.82, 2.24) is 4.98 Å². The number of rotatable bonds is 4. The molecular weight excluding hydrogens is 239 g/mol. The number of pyridine rings is 1. The van der Waals surface area contributed by atoms with Crippen LogP contribution >= 0.6 is 0 Å². The van der Waals surface area contributed by atoms with Gasteiger partial charge in [-0.25, -0.2) is 4.39 Å². The van der Waals surface area contributed by atoms with E-state index in [1.807, 2.05) is 45.0 Å². The van der Waals surface area contributed by atoms with Gasteiger partial charge in [-0.1, -0.05) is 25.1 Å². The van der Waals surface area contributed by atoms with Crippen molar-refractivity contribution in [3.8, 4) is 0 Å². The van der Waals surface area contributed by atoms with Crippen LogP contribution in [0.3, 0.4) is 0 Å². The van der Waals surface area contributed by atoms with E-state index >= 15 is 0 Å². The van der Waals surface area contributed by atoms with E-state index in [0.717, 1.165) is 23.5 Å². The molecule has 0 fully saturated rings. The molecule has 0 radical (unpaired) electrons. The first-order valence-corrected chi connectivity index (χ1v) is 6.57. The molecule has 0 aliphatic heterocycles. The summed E-state index contributed by atoms with van der Waals surface area (Å²) in [5, 5.41) is 3.38. The van der Waals surface area contributed by atoms with Gasteiger partial charge in [0.15, 0.2) is 0 Å². The molecule has 0 saturated carbocycles. The van der Waals surface area contributed by atoms with Gasteiger partial charge in [-0.05, 0) is 38.5 Å². The number of aromatic nitrogens is 1. The fourth-order valence-corrected chi connectivity index (χ4v) is 2.18. The van der Waals surface area contributed by atoms with Crippen LogP contribution in [0.4, 0.5) is 10.1 Å². The maximum atomic E-state index is 13.8. The highest BCUT2D eigenvalue weighted by molar-refractivity contribution is 5.49. The van der Waals surface area contributed by atoms with Crippen LogP contribution in [0.25, 0.3) is 0 Å². The smallest absolute Gasteiger partial charge is 0.128 e. The van der Waals surface area contributed by atoms with Gasteiger partial charge in [0.05, 0.1) is 17.4 Å². The molecule has 0 amide bonds. The van der Waals surface area contributed by atoms with Crippen LogP contribution in [0.1, 0.15) is 36.3 Å². The van der Waals surface area contributed by atoms with Crippen molar-refractivity contribution in [2.45, 2.75) is 33.2 Å². The highest BCUT2D eigenvalue weighted by Crippen LogP contribution is 2.25. The van der Waals surface area contributed by atoms with Crippen LogP contribution in [-0.4, -0.2) is 4.98 Å². The van der Waals surface area contributed by atoms with E-state index in [2.05, 4.69) is 10.3 Å². The summed E-state index contributed by atoms with van der Waals surface area (Å²) in [4.78, 5) is 4.42. The molecular formula is C16H19FN2. The van der Waals surface area contributed by atoms with Crippen molar-refractivity contribution in [3.63, 3.8) is 0 Å². The zero-order valence-corrected chi connectivity index (χ0v) is 11.6. The highest BCUT2D eigenvalue weighted by Gasteiger charge is 2.14. The molecule has 1 aromatic heterocycles. The maximum absolute atomic E-state index is 13.8. The Hall–Kier alpha value is -1.90. The van der Waals surface area contributed by atoms with Crippen molar-refractivity contribution >= 4 is 5.69 Å². The van der Waals surface area contributed by atoms with Crippen molar-refractivity contribution in [2.24, 2.45) is 0 Å². The molecule has 19 heavy (non-hydrogen) atoms. The monoisotopic (exact) mass is 258 g/mol. The first-order chi connectivity index (χ1) is 9.11. The van der Waals surface area contributed by atoms with Crippen molar-refractivity contribution in [2.75, 3.05) is 5.32 Å². The van der Waals surface area contributed by atoms with Crippen molar-refractivity contribution in [1.29, 1.82) is 0 Å². The molecule has 1 heterocycles. The minimum Gasteiger partial charge on any atom is -0.377 e. The quantitative estimate of drug-likeness (QED) is 0.879. The molecule has 1 N–H and O–H groups in total. The van der Waals surface area contributed by atoms with Crippen LogP contribution in [-0.2, 0) is 0 Å².